The van der Waals surface area contributed by atoms with Gasteiger partial charge in [-0.3, -0.25) is 14.5 Å². The van der Waals surface area contributed by atoms with Gasteiger partial charge < -0.3 is 13.9 Å². The van der Waals surface area contributed by atoms with Gasteiger partial charge in [-0.05, 0) is 55.8 Å². The predicted octanol–water partition coefficient (Wildman–Crippen LogP) is 5.26. The van der Waals surface area contributed by atoms with Gasteiger partial charge in [0.1, 0.15) is 17.1 Å². The Kier molecular flexibility index (Phi) is 5.13. The third-order valence-corrected chi connectivity index (χ3v) is 5.84. The van der Waals surface area contributed by atoms with Crippen LogP contribution in [0.4, 0.5) is 5.69 Å². The fourth-order valence-corrected chi connectivity index (χ4v) is 4.37. The molecular formula is C27H23NO5. The Labute approximate surface area is 191 Å². The third-order valence-electron chi connectivity index (χ3n) is 5.84. The number of aryl methyl sites for hydroxylation is 1. The molecule has 0 saturated carbocycles. The zero-order valence-electron chi connectivity index (χ0n) is 18.6. The fraction of sp³-hybridized carbons (Fsp3) is 0.185. The Bertz CT molecular complexity index is 1440. The van der Waals surface area contributed by atoms with Crippen molar-refractivity contribution in [3.8, 4) is 11.5 Å². The summed E-state index contributed by atoms with van der Waals surface area (Å²) >= 11 is 0. The molecule has 0 bridgehead atoms. The number of methoxy groups -OCH3 is 1. The van der Waals surface area contributed by atoms with Gasteiger partial charge in [-0.1, -0.05) is 29.8 Å². The number of amides is 1. The van der Waals surface area contributed by atoms with Crippen LogP contribution in [0.15, 0.2) is 75.9 Å². The summed E-state index contributed by atoms with van der Waals surface area (Å²) in [6.07, 6.45) is 0. The fourth-order valence-electron chi connectivity index (χ4n) is 4.37. The standard InChI is InChI=1S/C27H23NO5/c1-4-32-20-10-5-7-17(14-20)24-23-25(29)21-13-16(2)11-12-22(21)33-26(23)27(30)28(24)18-8-6-9-19(15-18)31-3/h5-15,24H,4H2,1-3H3. The van der Waals surface area contributed by atoms with Crippen LogP contribution in [-0.4, -0.2) is 19.6 Å². The highest BCUT2D eigenvalue weighted by Crippen LogP contribution is 2.42. The van der Waals surface area contributed by atoms with Crippen molar-refractivity contribution in [2.24, 2.45) is 0 Å². The third kappa shape index (κ3) is 3.44. The van der Waals surface area contributed by atoms with Crippen molar-refractivity contribution in [1.82, 2.24) is 0 Å². The van der Waals surface area contributed by atoms with E-state index in [9.17, 15) is 9.59 Å². The number of hydrogen-bond acceptors (Lipinski definition) is 5. The first-order chi connectivity index (χ1) is 16.0. The van der Waals surface area contributed by atoms with E-state index < -0.39 is 6.04 Å². The van der Waals surface area contributed by atoms with Crippen LogP contribution in [0, 0.1) is 6.92 Å². The summed E-state index contributed by atoms with van der Waals surface area (Å²) in [6, 6.07) is 19.4. The number of benzene rings is 3. The number of hydrogen-bond donors (Lipinski definition) is 0. The van der Waals surface area contributed by atoms with Crippen LogP contribution < -0.4 is 19.8 Å². The lowest BCUT2D eigenvalue weighted by Crippen LogP contribution is -2.29. The summed E-state index contributed by atoms with van der Waals surface area (Å²) in [4.78, 5) is 29.0. The number of nitrogens with zero attached hydrogens (tertiary/aromatic N) is 1. The summed E-state index contributed by atoms with van der Waals surface area (Å²) in [6.45, 7) is 4.34. The molecular weight excluding hydrogens is 418 g/mol. The molecule has 0 aliphatic carbocycles. The SMILES string of the molecule is CCOc1cccc(C2c3c(oc4ccc(C)cc4c3=O)C(=O)N2c2cccc(OC)c2)c1. The van der Waals surface area contributed by atoms with Gasteiger partial charge in [-0.15, -0.1) is 0 Å². The molecule has 0 radical (unpaired) electrons. The number of carbonyl (C=O) groups is 1. The van der Waals surface area contributed by atoms with E-state index in [4.69, 9.17) is 13.9 Å². The normalized spacial score (nSPS) is 15.1. The molecule has 1 aromatic heterocycles. The Hall–Kier alpha value is -4.06. The van der Waals surface area contributed by atoms with Gasteiger partial charge in [0.15, 0.2) is 5.43 Å². The van der Waals surface area contributed by atoms with Gasteiger partial charge in [0.05, 0.1) is 30.7 Å². The van der Waals surface area contributed by atoms with E-state index in [1.54, 1.807) is 30.2 Å². The first-order valence-electron chi connectivity index (χ1n) is 10.8. The van der Waals surface area contributed by atoms with E-state index in [0.717, 1.165) is 11.1 Å². The minimum atomic E-state index is -0.666. The molecule has 6 heteroatoms. The first-order valence-corrected chi connectivity index (χ1v) is 10.8. The van der Waals surface area contributed by atoms with E-state index in [0.29, 0.717) is 40.3 Å². The lowest BCUT2D eigenvalue weighted by atomic mass is 9.97. The Morgan fingerprint density at radius 3 is 2.55 bits per heavy atom. The minimum Gasteiger partial charge on any atom is -0.497 e. The van der Waals surface area contributed by atoms with E-state index >= 15 is 0 Å². The summed E-state index contributed by atoms with van der Waals surface area (Å²) in [5, 5.41) is 0.458. The van der Waals surface area contributed by atoms with Crippen molar-refractivity contribution in [3.63, 3.8) is 0 Å². The van der Waals surface area contributed by atoms with E-state index in [1.165, 1.54) is 0 Å². The summed E-state index contributed by atoms with van der Waals surface area (Å²) in [7, 11) is 1.57. The van der Waals surface area contributed by atoms with Crippen LogP contribution >= 0.6 is 0 Å². The molecule has 0 fully saturated rings. The van der Waals surface area contributed by atoms with Gasteiger partial charge >= 0.3 is 0 Å². The summed E-state index contributed by atoms with van der Waals surface area (Å²) in [5.41, 5.74) is 2.83. The molecule has 0 spiro atoms. The van der Waals surface area contributed by atoms with E-state index in [1.807, 2.05) is 62.4 Å². The molecule has 1 unspecified atom stereocenters. The van der Waals surface area contributed by atoms with Crippen LogP contribution in [0.1, 0.15) is 40.2 Å². The number of fused-ring (bicyclic) bond motifs is 2. The molecule has 5 rings (SSSR count). The van der Waals surface area contributed by atoms with Crippen molar-refractivity contribution >= 4 is 22.6 Å². The molecule has 166 valence electrons. The molecule has 6 nitrogen and oxygen atoms in total. The van der Waals surface area contributed by atoms with Crippen LogP contribution in [0.5, 0.6) is 11.5 Å². The lowest BCUT2D eigenvalue weighted by Gasteiger charge is -2.26. The second-order valence-corrected chi connectivity index (χ2v) is 7.96. The maximum absolute atomic E-state index is 13.7. The number of carbonyl (C=O) groups excluding carboxylic acids is 1. The smallest absolute Gasteiger partial charge is 0.295 e. The molecule has 3 aromatic carbocycles. The van der Waals surface area contributed by atoms with Crippen molar-refractivity contribution in [1.29, 1.82) is 0 Å². The zero-order chi connectivity index (χ0) is 23.1. The summed E-state index contributed by atoms with van der Waals surface area (Å²) < 4.78 is 17.1. The van der Waals surface area contributed by atoms with Gasteiger partial charge in [-0.2, -0.15) is 0 Å². The molecule has 1 amide bonds. The topological polar surface area (TPSA) is 69.0 Å². The number of anilines is 1. The van der Waals surface area contributed by atoms with Gasteiger partial charge in [0.25, 0.3) is 5.91 Å². The Morgan fingerprint density at radius 2 is 1.76 bits per heavy atom. The molecule has 4 aromatic rings. The van der Waals surface area contributed by atoms with Gasteiger partial charge in [0, 0.05) is 11.8 Å². The number of rotatable bonds is 5. The zero-order valence-corrected chi connectivity index (χ0v) is 18.6. The molecule has 33 heavy (non-hydrogen) atoms. The maximum Gasteiger partial charge on any atom is 0.295 e. The van der Waals surface area contributed by atoms with Gasteiger partial charge in [-0.25, -0.2) is 0 Å². The molecule has 0 saturated heterocycles. The van der Waals surface area contributed by atoms with Crippen molar-refractivity contribution in [2.45, 2.75) is 19.9 Å². The first kappa shape index (κ1) is 20.8. The molecule has 0 N–H and O–H groups in total. The van der Waals surface area contributed by atoms with E-state index in [-0.39, 0.29) is 17.1 Å². The average Bonchev–Trinajstić information content (AvgIpc) is 3.12. The van der Waals surface area contributed by atoms with Crippen LogP contribution in [-0.2, 0) is 0 Å². The maximum atomic E-state index is 13.7. The van der Waals surface area contributed by atoms with Crippen molar-refractivity contribution in [3.05, 3.63) is 99.4 Å². The molecule has 1 atom stereocenters. The van der Waals surface area contributed by atoms with Gasteiger partial charge in [0.2, 0.25) is 5.76 Å². The minimum absolute atomic E-state index is 0.0611. The summed E-state index contributed by atoms with van der Waals surface area (Å²) in [5.74, 6) is 0.969. The second-order valence-electron chi connectivity index (χ2n) is 7.96. The quantitative estimate of drug-likeness (QED) is 0.423. The van der Waals surface area contributed by atoms with Crippen LogP contribution in [0.2, 0.25) is 0 Å². The van der Waals surface area contributed by atoms with Crippen molar-refractivity contribution in [2.75, 3.05) is 18.6 Å². The highest BCUT2D eigenvalue weighted by atomic mass is 16.5. The average molecular weight is 441 g/mol. The highest BCUT2D eigenvalue weighted by Gasteiger charge is 2.43. The number of ether oxygens (including phenoxy) is 2. The largest absolute Gasteiger partial charge is 0.497 e. The predicted molar refractivity (Wildman–Crippen MR) is 126 cm³/mol. The Morgan fingerprint density at radius 1 is 0.970 bits per heavy atom. The molecule has 1 aliphatic rings. The monoisotopic (exact) mass is 441 g/mol. The van der Waals surface area contributed by atoms with Crippen molar-refractivity contribution < 1.29 is 18.7 Å². The molecule has 2 heterocycles. The second kappa shape index (κ2) is 8.13. The Balaban J connectivity index is 1.79. The van der Waals surface area contributed by atoms with Crippen LogP contribution in [0.25, 0.3) is 11.0 Å². The lowest BCUT2D eigenvalue weighted by molar-refractivity contribution is 0.0971. The molecule has 1 aliphatic heterocycles. The highest BCUT2D eigenvalue weighted by molar-refractivity contribution is 6.10. The van der Waals surface area contributed by atoms with E-state index in [2.05, 4.69) is 0 Å². The van der Waals surface area contributed by atoms with Crippen LogP contribution in [0.3, 0.4) is 0 Å².